The molecule has 2 heterocycles. The Labute approximate surface area is 112 Å². The highest BCUT2D eigenvalue weighted by Crippen LogP contribution is 2.30. The van der Waals surface area contributed by atoms with E-state index in [4.69, 9.17) is 0 Å². The molecule has 19 heavy (non-hydrogen) atoms. The molecule has 2 nitrogen and oxygen atoms in total. The van der Waals surface area contributed by atoms with Crippen molar-refractivity contribution < 1.29 is 8.78 Å². The Hall–Kier alpha value is -2.14. The Morgan fingerprint density at radius 1 is 0.895 bits per heavy atom. The number of nitrogens with zero attached hydrogens (tertiary/aromatic N) is 2. The lowest BCUT2D eigenvalue weighted by atomic mass is 10.1. The number of halogens is 2. The maximum Gasteiger partial charge on any atom is 0.142 e. The van der Waals surface area contributed by atoms with Crippen LogP contribution in [0, 0.1) is 11.6 Å². The fourth-order valence-corrected chi connectivity index (χ4v) is 2.52. The highest BCUT2D eigenvalue weighted by molar-refractivity contribution is 7.13. The lowest BCUT2D eigenvalue weighted by Crippen LogP contribution is -1.90. The molecule has 0 unspecified atom stereocenters. The topological polar surface area (TPSA) is 25.8 Å². The molecule has 2 aromatic heterocycles. The Kier molecular flexibility index (Phi) is 3.05. The van der Waals surface area contributed by atoms with E-state index in [1.807, 2.05) is 6.07 Å². The van der Waals surface area contributed by atoms with Crippen LogP contribution in [0.2, 0.25) is 0 Å². The molecule has 0 bridgehead atoms. The maximum absolute atomic E-state index is 13.7. The molecule has 0 amide bonds. The average Bonchev–Trinajstić information content (AvgIpc) is 2.89. The summed E-state index contributed by atoms with van der Waals surface area (Å²) in [7, 11) is 0. The van der Waals surface area contributed by atoms with Crippen LogP contribution in [0.15, 0.2) is 48.0 Å². The Morgan fingerprint density at radius 2 is 1.68 bits per heavy atom. The molecule has 0 spiro atoms. The van der Waals surface area contributed by atoms with E-state index < -0.39 is 11.6 Å². The van der Waals surface area contributed by atoms with Crippen molar-refractivity contribution in [2.75, 3.05) is 0 Å². The van der Waals surface area contributed by atoms with E-state index in [0.717, 1.165) is 0 Å². The van der Waals surface area contributed by atoms with Crippen LogP contribution in [-0.2, 0) is 0 Å². The summed E-state index contributed by atoms with van der Waals surface area (Å²) >= 11 is 1.31. The summed E-state index contributed by atoms with van der Waals surface area (Å²) < 4.78 is 27.3. The quantitative estimate of drug-likeness (QED) is 0.701. The van der Waals surface area contributed by atoms with Crippen LogP contribution in [0.4, 0.5) is 8.78 Å². The number of benzene rings is 1. The van der Waals surface area contributed by atoms with Crippen LogP contribution in [-0.4, -0.2) is 9.97 Å². The van der Waals surface area contributed by atoms with Gasteiger partial charge >= 0.3 is 0 Å². The Bertz CT molecular complexity index is 690. The Balaban J connectivity index is 2.07. The van der Waals surface area contributed by atoms with Crippen LogP contribution in [0.3, 0.4) is 0 Å². The van der Waals surface area contributed by atoms with Gasteiger partial charge in [0, 0.05) is 11.6 Å². The Morgan fingerprint density at radius 3 is 2.37 bits per heavy atom. The van der Waals surface area contributed by atoms with Gasteiger partial charge in [0.15, 0.2) is 0 Å². The normalized spacial score (nSPS) is 10.6. The minimum Gasteiger partial charge on any atom is -0.254 e. The number of pyridine rings is 1. The number of hydrogen-bond donors (Lipinski definition) is 0. The van der Waals surface area contributed by atoms with Crippen LogP contribution < -0.4 is 0 Å². The highest BCUT2D eigenvalue weighted by Gasteiger charge is 2.15. The zero-order valence-electron chi connectivity index (χ0n) is 9.68. The third kappa shape index (κ3) is 2.24. The molecule has 5 heteroatoms. The van der Waals surface area contributed by atoms with Gasteiger partial charge in [0.2, 0.25) is 0 Å². The first kappa shape index (κ1) is 11.9. The van der Waals surface area contributed by atoms with E-state index in [2.05, 4.69) is 9.97 Å². The third-order valence-corrected chi connectivity index (χ3v) is 3.47. The monoisotopic (exact) mass is 274 g/mol. The van der Waals surface area contributed by atoms with Gasteiger partial charge in [0.25, 0.3) is 0 Å². The summed E-state index contributed by atoms with van der Waals surface area (Å²) in [6, 6.07) is 9.22. The summed E-state index contributed by atoms with van der Waals surface area (Å²) in [5.74, 6) is -1.23. The number of hydrogen-bond acceptors (Lipinski definition) is 3. The van der Waals surface area contributed by atoms with E-state index in [0.29, 0.717) is 16.4 Å². The maximum atomic E-state index is 13.7. The minimum atomic E-state index is -0.613. The average molecular weight is 274 g/mol. The number of rotatable bonds is 2. The minimum absolute atomic E-state index is 0.0964. The van der Waals surface area contributed by atoms with E-state index in [1.54, 1.807) is 23.7 Å². The van der Waals surface area contributed by atoms with Crippen molar-refractivity contribution in [3.8, 4) is 22.0 Å². The van der Waals surface area contributed by atoms with Gasteiger partial charge in [-0.3, -0.25) is 4.98 Å². The van der Waals surface area contributed by atoms with E-state index in [1.165, 1.54) is 29.5 Å². The van der Waals surface area contributed by atoms with Crippen molar-refractivity contribution in [1.82, 2.24) is 9.97 Å². The third-order valence-electron chi connectivity index (χ3n) is 2.61. The van der Waals surface area contributed by atoms with Crippen LogP contribution in [0.25, 0.3) is 22.0 Å². The zero-order chi connectivity index (χ0) is 13.2. The molecule has 1 aromatic carbocycles. The molecule has 0 aliphatic rings. The lowest BCUT2D eigenvalue weighted by Gasteiger charge is -2.00. The van der Waals surface area contributed by atoms with Gasteiger partial charge in [-0.25, -0.2) is 13.8 Å². The van der Waals surface area contributed by atoms with Crippen molar-refractivity contribution in [3.05, 3.63) is 59.6 Å². The second-order valence-electron chi connectivity index (χ2n) is 3.85. The van der Waals surface area contributed by atoms with Gasteiger partial charge in [0.05, 0.1) is 17.0 Å². The molecule has 0 saturated carbocycles. The molecule has 0 aliphatic heterocycles. The van der Waals surface area contributed by atoms with E-state index in [9.17, 15) is 8.78 Å². The van der Waals surface area contributed by atoms with E-state index >= 15 is 0 Å². The smallest absolute Gasteiger partial charge is 0.142 e. The largest absolute Gasteiger partial charge is 0.254 e. The molecule has 0 radical (unpaired) electrons. The van der Waals surface area contributed by atoms with Gasteiger partial charge in [0.1, 0.15) is 16.6 Å². The zero-order valence-corrected chi connectivity index (χ0v) is 10.5. The summed E-state index contributed by atoms with van der Waals surface area (Å²) in [5.41, 5.74) is 0.887. The second kappa shape index (κ2) is 4.85. The molecule has 94 valence electrons. The van der Waals surface area contributed by atoms with Gasteiger partial charge < -0.3 is 0 Å². The fraction of sp³-hybridized carbons (Fsp3) is 0. The molecule has 0 N–H and O–H groups in total. The van der Waals surface area contributed by atoms with Gasteiger partial charge in [-0.15, -0.1) is 11.3 Å². The predicted molar refractivity (Wildman–Crippen MR) is 70.7 cm³/mol. The summed E-state index contributed by atoms with van der Waals surface area (Å²) in [6.07, 6.45) is 1.65. The molecule has 0 fully saturated rings. The first-order valence-corrected chi connectivity index (χ1v) is 6.45. The van der Waals surface area contributed by atoms with Crippen LogP contribution >= 0.6 is 11.3 Å². The molecule has 3 rings (SSSR count). The highest BCUT2D eigenvalue weighted by atomic mass is 32.1. The van der Waals surface area contributed by atoms with Crippen molar-refractivity contribution >= 4 is 11.3 Å². The van der Waals surface area contributed by atoms with Crippen LogP contribution in [0.1, 0.15) is 0 Å². The van der Waals surface area contributed by atoms with Crippen molar-refractivity contribution in [2.24, 2.45) is 0 Å². The SMILES string of the molecule is Fc1cccc(F)c1-c1csc(-c2ccccn2)n1. The van der Waals surface area contributed by atoms with Crippen molar-refractivity contribution in [2.45, 2.75) is 0 Å². The van der Waals surface area contributed by atoms with Crippen LogP contribution in [0.5, 0.6) is 0 Å². The summed E-state index contributed by atoms with van der Waals surface area (Å²) in [5, 5.41) is 2.27. The standard InChI is InChI=1S/C14H8F2N2S/c15-9-4-3-5-10(16)13(9)12-8-19-14(18-12)11-6-1-2-7-17-11/h1-8H. The first-order valence-electron chi connectivity index (χ1n) is 5.57. The summed E-state index contributed by atoms with van der Waals surface area (Å²) in [6.45, 7) is 0. The second-order valence-corrected chi connectivity index (χ2v) is 4.71. The van der Waals surface area contributed by atoms with Gasteiger partial charge in [-0.2, -0.15) is 0 Å². The molecule has 0 aliphatic carbocycles. The lowest BCUT2D eigenvalue weighted by molar-refractivity contribution is 0.589. The van der Waals surface area contributed by atoms with E-state index in [-0.39, 0.29) is 5.56 Å². The van der Waals surface area contributed by atoms with Gasteiger partial charge in [-0.1, -0.05) is 12.1 Å². The first-order chi connectivity index (χ1) is 9.25. The van der Waals surface area contributed by atoms with Gasteiger partial charge in [-0.05, 0) is 24.3 Å². The molecular weight excluding hydrogens is 266 g/mol. The predicted octanol–water partition coefficient (Wildman–Crippen LogP) is 4.15. The number of thiazole rings is 1. The molecule has 3 aromatic rings. The fourth-order valence-electron chi connectivity index (χ4n) is 1.74. The number of aromatic nitrogens is 2. The summed E-state index contributed by atoms with van der Waals surface area (Å²) in [4.78, 5) is 8.41. The van der Waals surface area contributed by atoms with Crippen molar-refractivity contribution in [1.29, 1.82) is 0 Å². The van der Waals surface area contributed by atoms with Crippen molar-refractivity contribution in [3.63, 3.8) is 0 Å². The molecule has 0 atom stereocenters. The molecular formula is C14H8F2N2S. The molecule has 0 saturated heterocycles.